The summed E-state index contributed by atoms with van der Waals surface area (Å²) in [6.07, 6.45) is -0.580. The van der Waals surface area contributed by atoms with Crippen molar-refractivity contribution in [3.8, 4) is 11.8 Å². The molecular weight excluding hydrogens is 290 g/mol. The number of ether oxygens (including phenoxy) is 1. The van der Waals surface area contributed by atoms with Crippen LogP contribution in [0.5, 0.6) is 0 Å². The molecule has 2 rings (SSSR count). The number of rotatable bonds is 2. The highest BCUT2D eigenvalue weighted by Crippen LogP contribution is 2.30. The molecule has 1 heterocycles. The summed E-state index contributed by atoms with van der Waals surface area (Å²) in [7, 11) is 0. The van der Waals surface area contributed by atoms with E-state index in [9.17, 15) is 10.1 Å². The molecule has 0 radical (unpaired) electrons. The Morgan fingerprint density at radius 1 is 1.22 bits per heavy atom. The molecule has 1 amide bonds. The zero-order chi connectivity index (χ0) is 17.2. The van der Waals surface area contributed by atoms with E-state index in [4.69, 9.17) is 4.74 Å². The van der Waals surface area contributed by atoms with Crippen molar-refractivity contribution >= 4 is 11.9 Å². The molecule has 0 bridgehead atoms. The van der Waals surface area contributed by atoms with Crippen LogP contribution in [0.3, 0.4) is 0 Å². The minimum absolute atomic E-state index is 0.433. The fourth-order valence-corrected chi connectivity index (χ4v) is 2.36. The van der Waals surface area contributed by atoms with Crippen molar-refractivity contribution < 1.29 is 9.53 Å². The number of aromatic nitrogens is 1. The SMILES string of the molecule is Cc1c(C#N)c(NC(=O)OC(C)(C)C)n(-c2ccccc2)c1C. The first-order valence-electron chi connectivity index (χ1n) is 7.42. The number of nitrogens with one attached hydrogen (secondary N) is 1. The molecule has 2 aromatic rings. The molecule has 1 aromatic heterocycles. The molecule has 1 aromatic carbocycles. The van der Waals surface area contributed by atoms with Gasteiger partial charge < -0.3 is 4.74 Å². The lowest BCUT2D eigenvalue weighted by molar-refractivity contribution is 0.0635. The summed E-state index contributed by atoms with van der Waals surface area (Å²) in [5.74, 6) is 0.433. The number of nitriles is 1. The largest absolute Gasteiger partial charge is 0.444 e. The number of carbonyl (C=O) groups is 1. The maximum atomic E-state index is 12.1. The average Bonchev–Trinajstić information content (AvgIpc) is 2.69. The van der Waals surface area contributed by atoms with Gasteiger partial charge in [0.25, 0.3) is 0 Å². The van der Waals surface area contributed by atoms with Gasteiger partial charge in [-0.1, -0.05) is 18.2 Å². The lowest BCUT2D eigenvalue weighted by Crippen LogP contribution is -2.28. The second-order valence-corrected chi connectivity index (χ2v) is 6.34. The van der Waals surface area contributed by atoms with Gasteiger partial charge in [-0.25, -0.2) is 4.79 Å². The van der Waals surface area contributed by atoms with Gasteiger partial charge in [-0.05, 0) is 52.3 Å². The van der Waals surface area contributed by atoms with Gasteiger partial charge in [-0.2, -0.15) is 5.26 Å². The number of hydrogen-bond acceptors (Lipinski definition) is 3. The number of nitrogens with zero attached hydrogens (tertiary/aromatic N) is 2. The maximum absolute atomic E-state index is 12.1. The molecule has 0 spiro atoms. The van der Waals surface area contributed by atoms with Crippen molar-refractivity contribution in [1.82, 2.24) is 4.57 Å². The highest BCUT2D eigenvalue weighted by molar-refractivity contribution is 5.87. The van der Waals surface area contributed by atoms with Crippen molar-refractivity contribution in [3.63, 3.8) is 0 Å². The van der Waals surface area contributed by atoms with Crippen LogP contribution in [0.4, 0.5) is 10.6 Å². The monoisotopic (exact) mass is 311 g/mol. The average molecular weight is 311 g/mol. The Balaban J connectivity index is 2.52. The van der Waals surface area contributed by atoms with E-state index in [1.165, 1.54) is 0 Å². The molecule has 23 heavy (non-hydrogen) atoms. The molecule has 1 N–H and O–H groups in total. The number of anilines is 1. The van der Waals surface area contributed by atoms with E-state index in [0.717, 1.165) is 16.9 Å². The lowest BCUT2D eigenvalue weighted by Gasteiger charge is -2.20. The minimum atomic E-state index is -0.606. The highest BCUT2D eigenvalue weighted by Gasteiger charge is 2.23. The van der Waals surface area contributed by atoms with Crippen LogP contribution < -0.4 is 5.32 Å². The minimum Gasteiger partial charge on any atom is -0.444 e. The molecular formula is C18H21N3O2. The van der Waals surface area contributed by atoms with E-state index in [1.54, 1.807) is 20.8 Å². The van der Waals surface area contributed by atoms with Gasteiger partial charge in [0.15, 0.2) is 0 Å². The smallest absolute Gasteiger partial charge is 0.413 e. The predicted octanol–water partition coefficient (Wildman–Crippen LogP) is 4.31. The second-order valence-electron chi connectivity index (χ2n) is 6.34. The Morgan fingerprint density at radius 2 is 1.83 bits per heavy atom. The molecule has 0 atom stereocenters. The Morgan fingerprint density at radius 3 is 2.35 bits per heavy atom. The first kappa shape index (κ1) is 16.6. The molecule has 120 valence electrons. The van der Waals surface area contributed by atoms with Gasteiger partial charge in [-0.3, -0.25) is 9.88 Å². The predicted molar refractivity (Wildman–Crippen MR) is 89.8 cm³/mol. The third-order valence-corrected chi connectivity index (χ3v) is 3.46. The van der Waals surface area contributed by atoms with Crippen molar-refractivity contribution in [1.29, 1.82) is 5.26 Å². The summed E-state index contributed by atoms with van der Waals surface area (Å²) in [5.41, 5.74) is 2.45. The molecule has 0 saturated heterocycles. The molecule has 0 aliphatic heterocycles. The normalized spacial score (nSPS) is 11.0. The third-order valence-electron chi connectivity index (χ3n) is 3.46. The van der Waals surface area contributed by atoms with Gasteiger partial charge in [0.05, 0.1) is 5.56 Å². The van der Waals surface area contributed by atoms with E-state index in [0.29, 0.717) is 11.4 Å². The quantitative estimate of drug-likeness (QED) is 0.898. The van der Waals surface area contributed by atoms with Gasteiger partial charge in [0.2, 0.25) is 0 Å². The van der Waals surface area contributed by atoms with Crippen LogP contribution in [0, 0.1) is 25.2 Å². The Bertz CT molecular complexity index is 762. The van der Waals surface area contributed by atoms with Crippen LogP contribution in [0.1, 0.15) is 37.6 Å². The number of carbonyl (C=O) groups excluding carboxylic acids is 1. The van der Waals surface area contributed by atoms with E-state index < -0.39 is 11.7 Å². The summed E-state index contributed by atoms with van der Waals surface area (Å²) in [6, 6.07) is 11.8. The van der Waals surface area contributed by atoms with Gasteiger partial charge >= 0.3 is 6.09 Å². The molecule has 0 saturated carbocycles. The first-order chi connectivity index (χ1) is 10.7. The van der Waals surface area contributed by atoms with Crippen molar-refractivity contribution in [3.05, 3.63) is 47.2 Å². The van der Waals surface area contributed by atoms with E-state index in [2.05, 4.69) is 11.4 Å². The number of hydrogen-bond donors (Lipinski definition) is 1. The summed E-state index contributed by atoms with van der Waals surface area (Å²) in [5, 5.41) is 12.2. The molecule has 0 aliphatic rings. The van der Waals surface area contributed by atoms with Crippen LogP contribution in [0.2, 0.25) is 0 Å². The molecule has 0 fully saturated rings. The van der Waals surface area contributed by atoms with Crippen LogP contribution in [-0.2, 0) is 4.74 Å². The Kier molecular flexibility index (Phi) is 4.46. The molecule has 5 nitrogen and oxygen atoms in total. The molecule has 5 heteroatoms. The van der Waals surface area contributed by atoms with Crippen LogP contribution in [-0.4, -0.2) is 16.3 Å². The van der Waals surface area contributed by atoms with E-state index in [1.807, 2.05) is 48.7 Å². The number of benzene rings is 1. The van der Waals surface area contributed by atoms with E-state index in [-0.39, 0.29) is 0 Å². The Hall–Kier alpha value is -2.74. The fourth-order valence-electron chi connectivity index (χ4n) is 2.36. The van der Waals surface area contributed by atoms with Crippen molar-refractivity contribution in [2.45, 2.75) is 40.2 Å². The van der Waals surface area contributed by atoms with Gasteiger partial charge in [0.1, 0.15) is 17.5 Å². The number of para-hydroxylation sites is 1. The standard InChI is InChI=1S/C18H21N3O2/c1-12-13(2)21(14-9-7-6-8-10-14)16(15(12)11-19)20-17(22)23-18(3,4)5/h6-10H,1-5H3,(H,20,22). The summed E-state index contributed by atoms with van der Waals surface area (Å²) < 4.78 is 7.17. The van der Waals surface area contributed by atoms with Crippen molar-refractivity contribution in [2.75, 3.05) is 5.32 Å². The summed E-state index contributed by atoms with van der Waals surface area (Å²) >= 11 is 0. The van der Waals surface area contributed by atoms with E-state index >= 15 is 0 Å². The second kappa shape index (κ2) is 6.17. The Labute approximate surface area is 136 Å². The summed E-state index contributed by atoms with van der Waals surface area (Å²) in [6.45, 7) is 9.18. The van der Waals surface area contributed by atoms with Crippen molar-refractivity contribution in [2.24, 2.45) is 0 Å². The highest BCUT2D eigenvalue weighted by atomic mass is 16.6. The molecule has 0 aliphatic carbocycles. The third kappa shape index (κ3) is 3.54. The van der Waals surface area contributed by atoms with Gasteiger partial charge in [-0.15, -0.1) is 0 Å². The van der Waals surface area contributed by atoms with Crippen LogP contribution in [0.15, 0.2) is 30.3 Å². The fraction of sp³-hybridized carbons (Fsp3) is 0.333. The maximum Gasteiger partial charge on any atom is 0.413 e. The first-order valence-corrected chi connectivity index (χ1v) is 7.42. The van der Waals surface area contributed by atoms with Gasteiger partial charge in [0, 0.05) is 11.4 Å². The zero-order valence-electron chi connectivity index (χ0n) is 14.1. The van der Waals surface area contributed by atoms with Crippen LogP contribution >= 0.6 is 0 Å². The summed E-state index contributed by atoms with van der Waals surface area (Å²) in [4.78, 5) is 12.1. The topological polar surface area (TPSA) is 67.1 Å². The van der Waals surface area contributed by atoms with Crippen LogP contribution in [0.25, 0.3) is 5.69 Å². The lowest BCUT2D eigenvalue weighted by atomic mass is 10.2. The number of amides is 1. The zero-order valence-corrected chi connectivity index (χ0v) is 14.1. The molecule has 0 unspecified atom stereocenters.